The van der Waals surface area contributed by atoms with E-state index in [2.05, 4.69) is 25.5 Å². The summed E-state index contributed by atoms with van der Waals surface area (Å²) < 4.78 is 26.1. The maximum atomic E-state index is 12.2. The lowest BCUT2D eigenvalue weighted by Gasteiger charge is -2.32. The van der Waals surface area contributed by atoms with Crippen LogP contribution in [0.5, 0.6) is 0 Å². The van der Waals surface area contributed by atoms with Crippen molar-refractivity contribution in [3.05, 3.63) is 12.5 Å². The van der Waals surface area contributed by atoms with Crippen molar-refractivity contribution >= 4 is 26.9 Å². The molecule has 3 heterocycles. The average Bonchev–Trinajstić information content (AvgIpc) is 3.27. The van der Waals surface area contributed by atoms with E-state index in [1.165, 1.54) is 6.33 Å². The van der Waals surface area contributed by atoms with Gasteiger partial charge in [0.2, 0.25) is 10.0 Å². The first-order chi connectivity index (χ1) is 10.6. The zero-order chi connectivity index (χ0) is 15.2. The molecule has 1 saturated carbocycles. The second kappa shape index (κ2) is 5.17. The minimum atomic E-state index is -3.05. The Morgan fingerprint density at radius 2 is 1.95 bits per heavy atom. The number of piperidine rings is 1. The lowest BCUT2D eigenvalue weighted by molar-refractivity contribution is 0.329. The number of sulfonamides is 1. The molecule has 8 nitrogen and oxygen atoms in total. The van der Waals surface area contributed by atoms with E-state index in [1.807, 2.05) is 0 Å². The number of anilines is 1. The Kier molecular flexibility index (Phi) is 3.26. The van der Waals surface area contributed by atoms with E-state index in [-0.39, 0.29) is 11.3 Å². The number of H-pyrrole nitrogens is 1. The second-order valence-electron chi connectivity index (χ2n) is 5.92. The van der Waals surface area contributed by atoms with Crippen LogP contribution in [0.25, 0.3) is 11.0 Å². The summed E-state index contributed by atoms with van der Waals surface area (Å²) in [6.45, 7) is 1.16. The van der Waals surface area contributed by atoms with Gasteiger partial charge >= 0.3 is 0 Å². The highest BCUT2D eigenvalue weighted by atomic mass is 32.2. The molecule has 0 atom stereocenters. The number of hydrogen-bond donors (Lipinski definition) is 2. The zero-order valence-electron chi connectivity index (χ0n) is 12.1. The highest BCUT2D eigenvalue weighted by molar-refractivity contribution is 7.90. The van der Waals surface area contributed by atoms with Gasteiger partial charge in [-0.3, -0.25) is 5.10 Å². The number of hydrogen-bond acceptors (Lipinski definition) is 6. The molecule has 2 aromatic rings. The number of aromatic amines is 1. The fourth-order valence-corrected chi connectivity index (χ4v) is 4.78. The Hall–Kier alpha value is -1.74. The van der Waals surface area contributed by atoms with Crippen LogP contribution in [0, 0.1) is 0 Å². The van der Waals surface area contributed by atoms with E-state index in [9.17, 15) is 8.42 Å². The van der Waals surface area contributed by atoms with Gasteiger partial charge in [0.1, 0.15) is 12.1 Å². The predicted octanol–water partition coefficient (Wildman–Crippen LogP) is 0.721. The number of aromatic nitrogens is 4. The number of nitrogens with one attached hydrogen (secondary N) is 2. The molecule has 9 heteroatoms. The summed E-state index contributed by atoms with van der Waals surface area (Å²) in [5.41, 5.74) is 0.700. The Labute approximate surface area is 128 Å². The largest absolute Gasteiger partial charge is 0.367 e. The summed E-state index contributed by atoms with van der Waals surface area (Å²) in [5, 5.41) is 10.9. The van der Waals surface area contributed by atoms with Gasteiger partial charge < -0.3 is 5.32 Å². The van der Waals surface area contributed by atoms with E-state index < -0.39 is 10.0 Å². The SMILES string of the molecule is O=S(=O)(C1CC1)N1CCC(Nc2ncnc3[nH]ncc23)CC1. The molecule has 2 aromatic heterocycles. The van der Waals surface area contributed by atoms with E-state index >= 15 is 0 Å². The van der Waals surface area contributed by atoms with Gasteiger partial charge in [0, 0.05) is 19.1 Å². The summed E-state index contributed by atoms with van der Waals surface area (Å²) in [6, 6.07) is 0.221. The number of rotatable bonds is 4. The molecule has 0 radical (unpaired) electrons. The number of nitrogens with zero attached hydrogens (tertiary/aromatic N) is 4. The first-order valence-corrected chi connectivity index (χ1v) is 9.04. The molecule has 1 aliphatic carbocycles. The van der Waals surface area contributed by atoms with E-state index in [4.69, 9.17) is 0 Å². The zero-order valence-corrected chi connectivity index (χ0v) is 12.9. The van der Waals surface area contributed by atoms with Crippen LogP contribution in [0.15, 0.2) is 12.5 Å². The highest BCUT2D eigenvalue weighted by Crippen LogP contribution is 2.32. The van der Waals surface area contributed by atoms with Crippen LogP contribution in [0.3, 0.4) is 0 Å². The molecule has 1 aliphatic heterocycles. The summed E-state index contributed by atoms with van der Waals surface area (Å²) >= 11 is 0. The van der Waals surface area contributed by atoms with Gasteiger partial charge in [-0.05, 0) is 25.7 Å². The van der Waals surface area contributed by atoms with Crippen LogP contribution in [0.2, 0.25) is 0 Å². The Balaban J connectivity index is 1.43. The molecule has 0 spiro atoms. The van der Waals surface area contributed by atoms with Gasteiger partial charge in [-0.15, -0.1) is 0 Å². The highest BCUT2D eigenvalue weighted by Gasteiger charge is 2.41. The molecule has 2 aliphatic rings. The lowest BCUT2D eigenvalue weighted by Crippen LogP contribution is -2.43. The van der Waals surface area contributed by atoms with Gasteiger partial charge in [-0.1, -0.05) is 0 Å². The van der Waals surface area contributed by atoms with Crippen molar-refractivity contribution in [2.45, 2.75) is 37.0 Å². The molecule has 2 fully saturated rings. The third-order valence-corrected chi connectivity index (χ3v) is 6.75. The third-order valence-electron chi connectivity index (χ3n) is 4.35. The molecule has 0 unspecified atom stereocenters. The molecule has 4 rings (SSSR count). The minimum absolute atomic E-state index is 0.121. The van der Waals surface area contributed by atoms with Crippen molar-refractivity contribution in [2.75, 3.05) is 18.4 Å². The summed E-state index contributed by atoms with van der Waals surface area (Å²) in [4.78, 5) is 8.37. The fourth-order valence-electron chi connectivity index (χ4n) is 2.90. The van der Waals surface area contributed by atoms with Gasteiger partial charge in [0.05, 0.1) is 16.8 Å². The topological polar surface area (TPSA) is 104 Å². The van der Waals surface area contributed by atoms with E-state index in [0.29, 0.717) is 18.7 Å². The Morgan fingerprint density at radius 3 is 2.68 bits per heavy atom. The van der Waals surface area contributed by atoms with Crippen LogP contribution in [-0.4, -0.2) is 57.3 Å². The van der Waals surface area contributed by atoms with Crippen molar-refractivity contribution in [3.8, 4) is 0 Å². The summed E-state index contributed by atoms with van der Waals surface area (Å²) in [7, 11) is -3.05. The first kappa shape index (κ1) is 13.9. The monoisotopic (exact) mass is 322 g/mol. The van der Waals surface area contributed by atoms with E-state index in [0.717, 1.165) is 36.9 Å². The third kappa shape index (κ3) is 2.44. The first-order valence-electron chi connectivity index (χ1n) is 7.54. The molecule has 0 bridgehead atoms. The van der Waals surface area contributed by atoms with Crippen LogP contribution in [0.1, 0.15) is 25.7 Å². The Morgan fingerprint density at radius 1 is 1.18 bits per heavy atom. The van der Waals surface area contributed by atoms with Crippen molar-refractivity contribution < 1.29 is 8.42 Å². The van der Waals surface area contributed by atoms with Gasteiger partial charge in [-0.2, -0.15) is 5.10 Å². The maximum Gasteiger partial charge on any atom is 0.216 e. The smallest absolute Gasteiger partial charge is 0.216 e. The fraction of sp³-hybridized carbons (Fsp3) is 0.615. The van der Waals surface area contributed by atoms with Crippen LogP contribution in [0.4, 0.5) is 5.82 Å². The molecular weight excluding hydrogens is 304 g/mol. The van der Waals surface area contributed by atoms with E-state index in [1.54, 1.807) is 10.5 Å². The molecule has 1 saturated heterocycles. The van der Waals surface area contributed by atoms with Crippen molar-refractivity contribution in [3.63, 3.8) is 0 Å². The quantitative estimate of drug-likeness (QED) is 0.859. The minimum Gasteiger partial charge on any atom is -0.367 e. The molecule has 0 aromatic carbocycles. The van der Waals surface area contributed by atoms with Crippen molar-refractivity contribution in [1.29, 1.82) is 0 Å². The second-order valence-corrected chi connectivity index (χ2v) is 8.13. The standard InChI is InChI=1S/C13H18N6O2S/c20-22(21,10-1-2-10)19-5-3-9(4-6-19)17-12-11-7-16-18-13(11)15-8-14-12/h7-10H,1-6H2,(H2,14,15,16,17,18). The molecule has 22 heavy (non-hydrogen) atoms. The van der Waals surface area contributed by atoms with Gasteiger partial charge in [-0.25, -0.2) is 22.7 Å². The summed E-state index contributed by atoms with van der Waals surface area (Å²) in [5.74, 6) is 0.752. The molecule has 118 valence electrons. The Bertz CT molecular complexity index is 777. The molecule has 0 amide bonds. The van der Waals surface area contributed by atoms with Crippen LogP contribution in [-0.2, 0) is 10.0 Å². The summed E-state index contributed by atoms with van der Waals surface area (Å²) in [6.07, 6.45) is 6.41. The normalized spacial score (nSPS) is 21.3. The van der Waals surface area contributed by atoms with Crippen LogP contribution < -0.4 is 5.32 Å². The number of fused-ring (bicyclic) bond motifs is 1. The lowest BCUT2D eigenvalue weighted by atomic mass is 10.1. The van der Waals surface area contributed by atoms with Gasteiger partial charge in [0.15, 0.2) is 5.65 Å². The molecular formula is C13H18N6O2S. The van der Waals surface area contributed by atoms with Crippen molar-refractivity contribution in [1.82, 2.24) is 24.5 Å². The predicted molar refractivity (Wildman–Crippen MR) is 81.8 cm³/mol. The van der Waals surface area contributed by atoms with Crippen LogP contribution >= 0.6 is 0 Å². The van der Waals surface area contributed by atoms with Crippen molar-refractivity contribution in [2.24, 2.45) is 0 Å². The maximum absolute atomic E-state index is 12.2. The molecule has 2 N–H and O–H groups in total. The average molecular weight is 322 g/mol. The van der Waals surface area contributed by atoms with Gasteiger partial charge in [0.25, 0.3) is 0 Å².